The first-order valence-electron chi connectivity index (χ1n) is 7.33. The average Bonchev–Trinajstić information content (AvgIpc) is 2.57. The number of carboxylic acids is 1. The fourth-order valence-electron chi connectivity index (χ4n) is 1.60. The summed E-state index contributed by atoms with van der Waals surface area (Å²) in [7, 11) is 0. The molecule has 0 fully saturated rings. The van der Waals surface area contributed by atoms with Crippen LogP contribution in [0.2, 0.25) is 0 Å². The molecule has 0 aliphatic heterocycles. The van der Waals surface area contributed by atoms with Crippen LogP contribution in [-0.4, -0.2) is 27.7 Å². The highest BCUT2D eigenvalue weighted by molar-refractivity contribution is 5.87. The molecule has 2 rings (SSSR count). The molecule has 2 N–H and O–H groups in total. The van der Waals surface area contributed by atoms with Crippen molar-refractivity contribution in [1.82, 2.24) is 0 Å². The van der Waals surface area contributed by atoms with Gasteiger partial charge in [0.2, 0.25) is 0 Å². The lowest BCUT2D eigenvalue weighted by Crippen LogP contribution is -1.96. The second-order valence-electron chi connectivity index (χ2n) is 4.81. The number of phenolic OH excluding ortho intramolecular Hbond substituents is 1. The van der Waals surface area contributed by atoms with Crippen LogP contribution < -0.4 is 4.74 Å². The Hall–Kier alpha value is -3.09. The van der Waals surface area contributed by atoms with Gasteiger partial charge in [0.25, 0.3) is 5.69 Å². The number of nitrogens with zero attached hydrogens (tertiary/aromatic N) is 1. The standard InChI is InChI=1S/C10H14O2.C7H5NO4/c1-2-3-8-12-10-6-4-9(11)5-7-10;9-7(10)5-1-3-6(4-2-5)8(11)12/h4-7,11H,2-3,8H2,1H3;1-4H,(H,9,10). The van der Waals surface area contributed by atoms with Crippen molar-refractivity contribution >= 4 is 11.7 Å². The Morgan fingerprint density at radius 1 is 1.12 bits per heavy atom. The van der Waals surface area contributed by atoms with Crippen LogP contribution in [0.15, 0.2) is 48.5 Å². The normalized spacial score (nSPS) is 9.54. The first-order chi connectivity index (χ1) is 11.4. The van der Waals surface area contributed by atoms with Crippen LogP contribution in [0.1, 0.15) is 30.1 Å². The summed E-state index contributed by atoms with van der Waals surface area (Å²) in [5.74, 6) is 0.00369. The number of hydrogen-bond acceptors (Lipinski definition) is 5. The second kappa shape index (κ2) is 9.83. The molecule has 0 heterocycles. The fourth-order valence-corrected chi connectivity index (χ4v) is 1.60. The lowest BCUT2D eigenvalue weighted by Gasteiger charge is -2.04. The summed E-state index contributed by atoms with van der Waals surface area (Å²) in [5, 5.41) is 27.6. The van der Waals surface area contributed by atoms with Crippen molar-refractivity contribution in [3.63, 3.8) is 0 Å². The summed E-state index contributed by atoms with van der Waals surface area (Å²) < 4.78 is 5.39. The van der Waals surface area contributed by atoms with Crippen LogP contribution in [0.5, 0.6) is 11.5 Å². The maximum absolute atomic E-state index is 10.3. The summed E-state index contributed by atoms with van der Waals surface area (Å²) in [6.07, 6.45) is 2.21. The number of aromatic carboxylic acids is 1. The Morgan fingerprint density at radius 2 is 1.71 bits per heavy atom. The Bertz CT molecular complexity index is 619. The van der Waals surface area contributed by atoms with E-state index in [0.717, 1.165) is 37.3 Å². The van der Waals surface area contributed by atoms with Gasteiger partial charge in [0, 0.05) is 12.1 Å². The van der Waals surface area contributed by atoms with E-state index in [1.807, 2.05) is 0 Å². The molecule has 2 aromatic rings. The minimum atomic E-state index is -1.09. The highest BCUT2D eigenvalue weighted by Crippen LogP contribution is 2.16. The van der Waals surface area contributed by atoms with E-state index in [2.05, 4.69) is 6.92 Å². The van der Waals surface area contributed by atoms with Crippen molar-refractivity contribution < 1.29 is 24.7 Å². The minimum absolute atomic E-state index is 0.0422. The third kappa shape index (κ3) is 6.78. The zero-order valence-electron chi connectivity index (χ0n) is 13.2. The number of unbranched alkanes of at least 4 members (excludes halogenated alkanes) is 1. The molecule has 0 aromatic heterocycles. The molecule has 0 unspecified atom stereocenters. The van der Waals surface area contributed by atoms with Crippen LogP contribution in [0.3, 0.4) is 0 Å². The lowest BCUT2D eigenvalue weighted by atomic mass is 10.2. The molecule has 0 bridgehead atoms. The monoisotopic (exact) mass is 333 g/mol. The molecule has 0 spiro atoms. The van der Waals surface area contributed by atoms with Crippen molar-refractivity contribution in [1.29, 1.82) is 0 Å². The number of hydrogen-bond donors (Lipinski definition) is 2. The van der Waals surface area contributed by atoms with Gasteiger partial charge in [0.15, 0.2) is 0 Å². The number of nitro benzene ring substituents is 1. The van der Waals surface area contributed by atoms with Crippen LogP contribution in [0.25, 0.3) is 0 Å². The van der Waals surface area contributed by atoms with Gasteiger partial charge in [-0.05, 0) is 42.8 Å². The molecule has 0 saturated heterocycles. The van der Waals surface area contributed by atoms with Crippen molar-refractivity contribution in [3.8, 4) is 11.5 Å². The SMILES string of the molecule is CCCCOc1ccc(O)cc1.O=C(O)c1ccc([N+](=O)[O-])cc1. The molecule has 2 aromatic carbocycles. The minimum Gasteiger partial charge on any atom is -0.508 e. The molecule has 0 aliphatic rings. The maximum Gasteiger partial charge on any atom is 0.335 e. The van der Waals surface area contributed by atoms with Gasteiger partial charge in [-0.3, -0.25) is 10.1 Å². The van der Waals surface area contributed by atoms with Crippen LogP contribution in [-0.2, 0) is 0 Å². The average molecular weight is 333 g/mol. The van der Waals surface area contributed by atoms with Crippen molar-refractivity contribution in [3.05, 3.63) is 64.2 Å². The largest absolute Gasteiger partial charge is 0.508 e. The van der Waals surface area contributed by atoms with E-state index in [0.29, 0.717) is 0 Å². The lowest BCUT2D eigenvalue weighted by molar-refractivity contribution is -0.384. The molecule has 0 saturated carbocycles. The molecular formula is C17H19NO6. The van der Waals surface area contributed by atoms with Crippen LogP contribution >= 0.6 is 0 Å². The fraction of sp³-hybridized carbons (Fsp3) is 0.235. The summed E-state index contributed by atoms with van der Waals surface area (Å²) in [6.45, 7) is 2.88. The highest BCUT2D eigenvalue weighted by Gasteiger charge is 2.06. The van der Waals surface area contributed by atoms with Crippen LogP contribution in [0.4, 0.5) is 5.69 Å². The molecular weight excluding hydrogens is 314 g/mol. The quantitative estimate of drug-likeness (QED) is 0.472. The summed E-state index contributed by atoms with van der Waals surface area (Å²) in [6, 6.07) is 11.5. The third-order valence-corrected chi connectivity index (χ3v) is 2.93. The Kier molecular flexibility index (Phi) is 7.77. The number of phenols is 1. The first-order valence-corrected chi connectivity index (χ1v) is 7.33. The van der Waals surface area contributed by atoms with E-state index in [1.165, 1.54) is 12.1 Å². The Labute approximate surface area is 139 Å². The topological polar surface area (TPSA) is 110 Å². The van der Waals surface area contributed by atoms with Gasteiger partial charge < -0.3 is 14.9 Å². The molecule has 0 amide bonds. The van der Waals surface area contributed by atoms with Crippen molar-refractivity contribution in [2.75, 3.05) is 6.61 Å². The maximum atomic E-state index is 10.3. The molecule has 128 valence electrons. The molecule has 7 nitrogen and oxygen atoms in total. The number of rotatable bonds is 6. The van der Waals surface area contributed by atoms with Gasteiger partial charge in [0.05, 0.1) is 17.1 Å². The number of ether oxygens (including phenoxy) is 1. The predicted molar refractivity (Wildman–Crippen MR) is 88.6 cm³/mol. The molecule has 7 heteroatoms. The van der Waals surface area contributed by atoms with Gasteiger partial charge in [-0.15, -0.1) is 0 Å². The van der Waals surface area contributed by atoms with Gasteiger partial charge in [-0.2, -0.15) is 0 Å². The predicted octanol–water partition coefficient (Wildman–Crippen LogP) is 3.86. The second-order valence-corrected chi connectivity index (χ2v) is 4.81. The van der Waals surface area contributed by atoms with Crippen LogP contribution in [0, 0.1) is 10.1 Å². The van der Waals surface area contributed by atoms with Crippen molar-refractivity contribution in [2.45, 2.75) is 19.8 Å². The Morgan fingerprint density at radius 3 is 2.17 bits per heavy atom. The van der Waals surface area contributed by atoms with E-state index in [-0.39, 0.29) is 17.0 Å². The number of benzene rings is 2. The number of non-ortho nitro benzene ring substituents is 1. The summed E-state index contributed by atoms with van der Waals surface area (Å²) in [4.78, 5) is 19.9. The molecule has 0 aliphatic carbocycles. The van der Waals surface area contributed by atoms with E-state index in [1.54, 1.807) is 24.3 Å². The first kappa shape index (κ1) is 19.0. The highest BCUT2D eigenvalue weighted by atomic mass is 16.6. The van der Waals surface area contributed by atoms with Gasteiger partial charge in [0.1, 0.15) is 11.5 Å². The third-order valence-electron chi connectivity index (χ3n) is 2.93. The number of aromatic hydroxyl groups is 1. The molecule has 0 radical (unpaired) electrons. The van der Waals surface area contributed by atoms with Gasteiger partial charge in [-0.1, -0.05) is 13.3 Å². The van der Waals surface area contributed by atoms with Gasteiger partial charge in [-0.25, -0.2) is 4.79 Å². The molecule has 24 heavy (non-hydrogen) atoms. The Balaban J connectivity index is 0.000000240. The number of carboxylic acid groups (broad SMARTS) is 1. The number of nitro groups is 1. The van der Waals surface area contributed by atoms with E-state index in [4.69, 9.17) is 14.9 Å². The van der Waals surface area contributed by atoms with E-state index >= 15 is 0 Å². The van der Waals surface area contributed by atoms with E-state index in [9.17, 15) is 14.9 Å². The summed E-state index contributed by atoms with van der Waals surface area (Å²) in [5.41, 5.74) is -0.0689. The summed E-state index contributed by atoms with van der Waals surface area (Å²) >= 11 is 0. The van der Waals surface area contributed by atoms with Crippen molar-refractivity contribution in [2.24, 2.45) is 0 Å². The zero-order chi connectivity index (χ0) is 17.9. The number of carbonyl (C=O) groups is 1. The van der Waals surface area contributed by atoms with E-state index < -0.39 is 10.9 Å². The van der Waals surface area contributed by atoms with Gasteiger partial charge >= 0.3 is 5.97 Å². The smallest absolute Gasteiger partial charge is 0.335 e. The zero-order valence-corrected chi connectivity index (χ0v) is 13.2. The molecule has 0 atom stereocenters.